The standard InChI is InChI=1S/C17H17ClO/c1-3-13-5-7-14(8-6-13)10-17(19)15-9-4-12(2)16(18)11-15/h4-9,11H,3,10H2,1-2H3. The van der Waals surface area contributed by atoms with Crippen molar-refractivity contribution in [3.63, 3.8) is 0 Å². The van der Waals surface area contributed by atoms with Crippen LogP contribution in [0.1, 0.15) is 34.0 Å². The second kappa shape index (κ2) is 6.03. The normalized spacial score (nSPS) is 10.5. The average Bonchev–Trinajstić information content (AvgIpc) is 2.42. The van der Waals surface area contributed by atoms with Crippen LogP contribution in [0.15, 0.2) is 42.5 Å². The van der Waals surface area contributed by atoms with Crippen LogP contribution in [0.5, 0.6) is 0 Å². The molecule has 0 unspecified atom stereocenters. The molecule has 0 heterocycles. The van der Waals surface area contributed by atoms with Gasteiger partial charge >= 0.3 is 0 Å². The summed E-state index contributed by atoms with van der Waals surface area (Å²) in [5.74, 6) is 0.103. The Morgan fingerprint density at radius 2 is 1.68 bits per heavy atom. The van der Waals surface area contributed by atoms with Gasteiger partial charge in [-0.2, -0.15) is 0 Å². The van der Waals surface area contributed by atoms with Gasteiger partial charge in [0.25, 0.3) is 0 Å². The number of carbonyl (C=O) groups is 1. The Kier molecular flexibility index (Phi) is 4.39. The van der Waals surface area contributed by atoms with Crippen molar-refractivity contribution in [2.24, 2.45) is 0 Å². The van der Waals surface area contributed by atoms with Crippen LogP contribution in [0.4, 0.5) is 0 Å². The lowest BCUT2D eigenvalue weighted by Gasteiger charge is -2.05. The van der Waals surface area contributed by atoms with Crippen molar-refractivity contribution >= 4 is 17.4 Å². The fourth-order valence-electron chi connectivity index (χ4n) is 1.95. The number of Topliss-reactive ketones (excluding diaryl/α,β-unsaturated/α-hetero) is 1. The van der Waals surface area contributed by atoms with Gasteiger partial charge in [-0.15, -0.1) is 0 Å². The second-order valence-corrected chi connectivity index (χ2v) is 5.14. The predicted molar refractivity (Wildman–Crippen MR) is 80.0 cm³/mol. The summed E-state index contributed by atoms with van der Waals surface area (Å²) >= 11 is 6.05. The summed E-state index contributed by atoms with van der Waals surface area (Å²) in [6.07, 6.45) is 1.44. The first kappa shape index (κ1) is 13.8. The molecule has 0 aliphatic rings. The lowest BCUT2D eigenvalue weighted by Crippen LogP contribution is -2.03. The molecule has 0 radical (unpaired) electrons. The quantitative estimate of drug-likeness (QED) is 0.741. The molecular weight excluding hydrogens is 256 g/mol. The molecule has 2 aromatic carbocycles. The molecule has 0 amide bonds. The van der Waals surface area contributed by atoms with Crippen LogP contribution in [-0.4, -0.2) is 5.78 Å². The van der Waals surface area contributed by atoms with Crippen LogP contribution in [0, 0.1) is 6.92 Å². The second-order valence-electron chi connectivity index (χ2n) is 4.73. The van der Waals surface area contributed by atoms with Crippen molar-refractivity contribution in [1.29, 1.82) is 0 Å². The molecule has 0 atom stereocenters. The first-order valence-corrected chi connectivity index (χ1v) is 6.85. The molecule has 2 heteroatoms. The highest BCUT2D eigenvalue weighted by atomic mass is 35.5. The Morgan fingerprint density at radius 1 is 1.05 bits per heavy atom. The van der Waals surface area contributed by atoms with Crippen molar-refractivity contribution in [3.8, 4) is 0 Å². The zero-order chi connectivity index (χ0) is 13.8. The smallest absolute Gasteiger partial charge is 0.167 e. The van der Waals surface area contributed by atoms with E-state index in [-0.39, 0.29) is 5.78 Å². The van der Waals surface area contributed by atoms with Crippen molar-refractivity contribution in [2.75, 3.05) is 0 Å². The van der Waals surface area contributed by atoms with Crippen molar-refractivity contribution in [1.82, 2.24) is 0 Å². The maximum absolute atomic E-state index is 12.2. The predicted octanol–water partition coefficient (Wildman–Crippen LogP) is 4.64. The summed E-state index contributed by atoms with van der Waals surface area (Å²) in [4.78, 5) is 12.2. The third kappa shape index (κ3) is 3.45. The van der Waals surface area contributed by atoms with Gasteiger partial charge in [-0.1, -0.05) is 54.9 Å². The lowest BCUT2D eigenvalue weighted by molar-refractivity contribution is 0.0993. The highest BCUT2D eigenvalue weighted by Gasteiger charge is 2.08. The lowest BCUT2D eigenvalue weighted by atomic mass is 10.0. The molecule has 0 N–H and O–H groups in total. The number of hydrogen-bond acceptors (Lipinski definition) is 1. The maximum atomic E-state index is 12.2. The van der Waals surface area contributed by atoms with E-state index in [2.05, 4.69) is 19.1 Å². The molecule has 2 rings (SSSR count). The zero-order valence-electron chi connectivity index (χ0n) is 11.2. The fourth-order valence-corrected chi connectivity index (χ4v) is 2.13. The molecule has 0 spiro atoms. The van der Waals surface area contributed by atoms with Crippen LogP contribution < -0.4 is 0 Å². The third-order valence-electron chi connectivity index (χ3n) is 3.29. The van der Waals surface area contributed by atoms with E-state index in [0.717, 1.165) is 17.5 Å². The van der Waals surface area contributed by atoms with Gasteiger partial charge in [0.15, 0.2) is 5.78 Å². The monoisotopic (exact) mass is 272 g/mol. The number of aryl methyl sites for hydroxylation is 2. The first-order chi connectivity index (χ1) is 9.10. The summed E-state index contributed by atoms with van der Waals surface area (Å²) in [6.45, 7) is 4.05. The maximum Gasteiger partial charge on any atom is 0.167 e. The summed E-state index contributed by atoms with van der Waals surface area (Å²) < 4.78 is 0. The topological polar surface area (TPSA) is 17.1 Å². The highest BCUT2D eigenvalue weighted by Crippen LogP contribution is 2.18. The molecule has 19 heavy (non-hydrogen) atoms. The van der Waals surface area contributed by atoms with Crippen LogP contribution in [-0.2, 0) is 12.8 Å². The average molecular weight is 273 g/mol. The van der Waals surface area contributed by atoms with Gasteiger partial charge < -0.3 is 0 Å². The van der Waals surface area contributed by atoms with Gasteiger partial charge in [-0.25, -0.2) is 0 Å². The summed E-state index contributed by atoms with van der Waals surface area (Å²) in [5, 5.41) is 0.646. The van der Waals surface area contributed by atoms with Gasteiger partial charge in [-0.3, -0.25) is 4.79 Å². The van der Waals surface area contributed by atoms with Gasteiger partial charge in [0.2, 0.25) is 0 Å². The number of ketones is 1. The minimum absolute atomic E-state index is 0.103. The number of hydrogen-bond donors (Lipinski definition) is 0. The number of carbonyl (C=O) groups excluding carboxylic acids is 1. The molecule has 1 nitrogen and oxygen atoms in total. The minimum atomic E-state index is 0.103. The van der Waals surface area contributed by atoms with E-state index in [1.165, 1.54) is 5.56 Å². The SMILES string of the molecule is CCc1ccc(CC(=O)c2ccc(C)c(Cl)c2)cc1. The van der Waals surface area contributed by atoms with E-state index in [1.54, 1.807) is 6.07 Å². The Hall–Kier alpha value is -1.60. The molecule has 0 saturated heterocycles. The Morgan fingerprint density at radius 3 is 2.26 bits per heavy atom. The fraction of sp³-hybridized carbons (Fsp3) is 0.235. The molecule has 2 aromatic rings. The van der Waals surface area contributed by atoms with Crippen LogP contribution in [0.2, 0.25) is 5.02 Å². The Labute approximate surface area is 119 Å². The van der Waals surface area contributed by atoms with Crippen LogP contribution >= 0.6 is 11.6 Å². The minimum Gasteiger partial charge on any atom is -0.294 e. The van der Waals surface area contributed by atoms with Crippen LogP contribution in [0.25, 0.3) is 0 Å². The van der Waals surface area contributed by atoms with Gasteiger partial charge in [-0.05, 0) is 36.1 Å². The zero-order valence-corrected chi connectivity index (χ0v) is 12.0. The molecule has 0 bridgehead atoms. The summed E-state index contributed by atoms with van der Waals surface area (Å²) in [7, 11) is 0. The van der Waals surface area contributed by atoms with E-state index in [1.807, 2.05) is 31.2 Å². The van der Waals surface area contributed by atoms with Crippen LogP contribution in [0.3, 0.4) is 0 Å². The van der Waals surface area contributed by atoms with E-state index >= 15 is 0 Å². The molecule has 0 aliphatic carbocycles. The highest BCUT2D eigenvalue weighted by molar-refractivity contribution is 6.31. The molecule has 0 aromatic heterocycles. The van der Waals surface area contributed by atoms with E-state index < -0.39 is 0 Å². The van der Waals surface area contributed by atoms with E-state index in [0.29, 0.717) is 17.0 Å². The molecule has 0 fully saturated rings. The largest absolute Gasteiger partial charge is 0.294 e. The number of benzene rings is 2. The third-order valence-corrected chi connectivity index (χ3v) is 3.70. The van der Waals surface area contributed by atoms with Crippen molar-refractivity contribution in [2.45, 2.75) is 26.7 Å². The van der Waals surface area contributed by atoms with Crippen molar-refractivity contribution < 1.29 is 4.79 Å². The Balaban J connectivity index is 2.13. The van der Waals surface area contributed by atoms with Crippen molar-refractivity contribution in [3.05, 3.63) is 69.7 Å². The van der Waals surface area contributed by atoms with Gasteiger partial charge in [0.05, 0.1) is 0 Å². The molecule has 98 valence electrons. The van der Waals surface area contributed by atoms with E-state index in [4.69, 9.17) is 11.6 Å². The summed E-state index contributed by atoms with van der Waals surface area (Å²) in [5.41, 5.74) is 3.99. The van der Waals surface area contributed by atoms with Gasteiger partial charge in [0, 0.05) is 17.0 Å². The number of halogens is 1. The molecule has 0 aliphatic heterocycles. The first-order valence-electron chi connectivity index (χ1n) is 6.47. The Bertz CT molecular complexity index is 585. The van der Waals surface area contributed by atoms with Gasteiger partial charge in [0.1, 0.15) is 0 Å². The molecule has 0 saturated carbocycles. The number of rotatable bonds is 4. The van der Waals surface area contributed by atoms with E-state index in [9.17, 15) is 4.79 Å². The molecular formula is C17H17ClO. The summed E-state index contributed by atoms with van der Waals surface area (Å²) in [6, 6.07) is 13.7.